The van der Waals surface area contributed by atoms with Crippen LogP contribution in [0.1, 0.15) is 38.9 Å². The second kappa shape index (κ2) is 8.43. The third kappa shape index (κ3) is 4.14. The molecule has 0 bridgehead atoms. The zero-order chi connectivity index (χ0) is 23.0. The lowest BCUT2D eigenvalue weighted by Gasteiger charge is -2.44. The number of hydrogen-bond donors (Lipinski definition) is 1. The first kappa shape index (κ1) is 22.1. The molecule has 1 aliphatic rings. The number of aryl methyl sites for hydroxylation is 1. The number of phenolic OH excluding ortho intramolecular Hbond substituents is 1. The molecule has 4 rings (SSSR count). The van der Waals surface area contributed by atoms with Crippen molar-refractivity contribution >= 4 is 10.8 Å². The lowest BCUT2D eigenvalue weighted by atomic mass is 9.78. The fraction of sp³-hybridized carbons (Fsp3) is 0.333. The van der Waals surface area contributed by atoms with Crippen LogP contribution in [0.25, 0.3) is 0 Å². The molecule has 168 valence electrons. The third-order valence-corrected chi connectivity index (χ3v) is 7.15. The van der Waals surface area contributed by atoms with Gasteiger partial charge in [0.25, 0.3) is 5.56 Å². The van der Waals surface area contributed by atoms with Gasteiger partial charge in [-0.2, -0.15) is 0 Å². The summed E-state index contributed by atoms with van der Waals surface area (Å²) in [4.78, 5) is 12.8. The van der Waals surface area contributed by atoms with E-state index < -0.39 is 22.5 Å². The largest absolute Gasteiger partial charge is 0.508 e. The number of hydrogen-bond acceptors (Lipinski definition) is 6. The molecule has 0 saturated carbocycles. The maximum absolute atomic E-state index is 13.2. The van der Waals surface area contributed by atoms with Crippen molar-refractivity contribution < 1.29 is 18.8 Å². The summed E-state index contributed by atoms with van der Waals surface area (Å²) in [5.41, 5.74) is 0.0534. The molecule has 32 heavy (non-hydrogen) atoms. The Morgan fingerprint density at radius 2 is 1.91 bits per heavy atom. The minimum absolute atomic E-state index is 0.0153. The molecule has 2 aromatic carbocycles. The molecule has 0 amide bonds. The predicted octanol–water partition coefficient (Wildman–Crippen LogP) is 3.97. The summed E-state index contributed by atoms with van der Waals surface area (Å²) in [5, 5.41) is 14.0. The van der Waals surface area contributed by atoms with Gasteiger partial charge in [-0.05, 0) is 56.7 Å². The van der Waals surface area contributed by atoms with Crippen LogP contribution in [0.5, 0.6) is 17.4 Å². The van der Waals surface area contributed by atoms with Crippen molar-refractivity contribution in [1.82, 2.24) is 9.78 Å². The van der Waals surface area contributed by atoms with E-state index in [4.69, 9.17) is 9.47 Å². The van der Waals surface area contributed by atoms with Crippen LogP contribution in [-0.4, -0.2) is 24.7 Å². The predicted molar refractivity (Wildman–Crippen MR) is 121 cm³/mol. The number of benzene rings is 2. The van der Waals surface area contributed by atoms with Gasteiger partial charge in [0.2, 0.25) is 5.88 Å². The number of nitrogens with zero attached hydrogens (tertiary/aromatic N) is 2. The monoisotopic (exact) mass is 454 g/mol. The number of aromatic nitrogens is 2. The molecule has 3 atom stereocenters. The van der Waals surface area contributed by atoms with Crippen molar-refractivity contribution in [3.05, 3.63) is 70.5 Å². The van der Waals surface area contributed by atoms with Gasteiger partial charge in [-0.25, -0.2) is 8.89 Å². The standard InChI is InChI=1S/C24H26N2O5S/c1-5-19-23(30-21-11-12-22(28)26(4)25-21)18-14-17(9-10-20(18)31-24(19,2)3)32(29)16-8-6-7-15(27)13-16/h6-14,19,23,27H,5H2,1-4H3. The van der Waals surface area contributed by atoms with E-state index in [9.17, 15) is 14.1 Å². The molecule has 0 saturated heterocycles. The zero-order valence-corrected chi connectivity index (χ0v) is 19.3. The summed E-state index contributed by atoms with van der Waals surface area (Å²) in [5.74, 6) is 1.04. The summed E-state index contributed by atoms with van der Waals surface area (Å²) in [6.07, 6.45) is 0.368. The van der Waals surface area contributed by atoms with Crippen molar-refractivity contribution in [2.45, 2.75) is 48.7 Å². The van der Waals surface area contributed by atoms with Crippen LogP contribution in [0, 0.1) is 5.92 Å². The molecule has 1 N–H and O–H groups in total. The lowest BCUT2D eigenvalue weighted by molar-refractivity contribution is -0.0468. The van der Waals surface area contributed by atoms with Crippen molar-refractivity contribution in [3.8, 4) is 17.4 Å². The van der Waals surface area contributed by atoms with Crippen molar-refractivity contribution in [1.29, 1.82) is 0 Å². The van der Waals surface area contributed by atoms with E-state index in [0.29, 0.717) is 21.4 Å². The fourth-order valence-corrected chi connectivity index (χ4v) is 5.29. The molecule has 3 unspecified atom stereocenters. The first-order valence-corrected chi connectivity index (χ1v) is 11.6. The topological polar surface area (TPSA) is 90.7 Å². The summed E-state index contributed by atoms with van der Waals surface area (Å²) in [6, 6.07) is 14.8. The molecule has 8 heteroatoms. The van der Waals surface area contributed by atoms with Gasteiger partial charge >= 0.3 is 0 Å². The molecule has 0 radical (unpaired) electrons. The Bertz CT molecular complexity index is 1240. The van der Waals surface area contributed by atoms with E-state index >= 15 is 0 Å². The number of aromatic hydroxyl groups is 1. The van der Waals surface area contributed by atoms with E-state index in [2.05, 4.69) is 12.0 Å². The molecule has 1 aromatic heterocycles. The van der Waals surface area contributed by atoms with Gasteiger partial charge in [0, 0.05) is 40.5 Å². The third-order valence-electron chi connectivity index (χ3n) is 5.79. The normalized spacial score (nSPS) is 20.1. The maximum atomic E-state index is 13.2. The molecule has 2 heterocycles. The van der Waals surface area contributed by atoms with Gasteiger partial charge in [0.1, 0.15) is 23.2 Å². The molecule has 3 aromatic rings. The van der Waals surface area contributed by atoms with E-state index in [0.717, 1.165) is 12.0 Å². The quantitative estimate of drug-likeness (QED) is 0.627. The molecule has 0 fully saturated rings. The van der Waals surface area contributed by atoms with Gasteiger partial charge in [0.15, 0.2) is 0 Å². The lowest BCUT2D eigenvalue weighted by Crippen LogP contribution is -2.46. The van der Waals surface area contributed by atoms with Crippen molar-refractivity contribution in [3.63, 3.8) is 0 Å². The van der Waals surface area contributed by atoms with Crippen LogP contribution in [0.4, 0.5) is 0 Å². The average molecular weight is 455 g/mol. The highest BCUT2D eigenvalue weighted by Gasteiger charge is 2.44. The molecule has 0 aliphatic carbocycles. The first-order chi connectivity index (χ1) is 15.2. The SMILES string of the molecule is CCC1C(Oc2ccc(=O)n(C)n2)c2cc(S(=O)c3cccc(O)c3)ccc2OC1(C)C. The Hall–Kier alpha value is -3.13. The number of ether oxygens (including phenoxy) is 2. The fourth-order valence-electron chi connectivity index (χ4n) is 4.16. The molecule has 1 aliphatic heterocycles. The van der Waals surface area contributed by atoms with Gasteiger partial charge in [0.05, 0.1) is 10.8 Å². The highest BCUT2D eigenvalue weighted by molar-refractivity contribution is 7.85. The minimum Gasteiger partial charge on any atom is -0.508 e. The molecular formula is C24H26N2O5S. The molecule has 0 spiro atoms. The average Bonchev–Trinajstić information content (AvgIpc) is 2.75. The summed E-state index contributed by atoms with van der Waals surface area (Å²) in [7, 11) is 0.0864. The second-order valence-electron chi connectivity index (χ2n) is 8.36. The second-order valence-corrected chi connectivity index (χ2v) is 9.84. The van der Waals surface area contributed by atoms with E-state index in [-0.39, 0.29) is 17.2 Å². The van der Waals surface area contributed by atoms with Crippen LogP contribution in [0.15, 0.2) is 69.2 Å². The van der Waals surface area contributed by atoms with Gasteiger partial charge in [-0.15, -0.1) is 5.10 Å². The van der Waals surface area contributed by atoms with Crippen LogP contribution >= 0.6 is 0 Å². The minimum atomic E-state index is -1.49. The Morgan fingerprint density at radius 3 is 2.59 bits per heavy atom. The van der Waals surface area contributed by atoms with Crippen LogP contribution in [0.2, 0.25) is 0 Å². The van der Waals surface area contributed by atoms with Crippen LogP contribution in [0.3, 0.4) is 0 Å². The highest BCUT2D eigenvalue weighted by Crippen LogP contribution is 2.47. The highest BCUT2D eigenvalue weighted by atomic mass is 32.2. The van der Waals surface area contributed by atoms with E-state index in [1.165, 1.54) is 16.8 Å². The first-order valence-electron chi connectivity index (χ1n) is 10.4. The summed E-state index contributed by atoms with van der Waals surface area (Å²) >= 11 is 0. The molecule has 7 nitrogen and oxygen atoms in total. The zero-order valence-electron chi connectivity index (χ0n) is 18.4. The number of rotatable bonds is 5. The maximum Gasteiger partial charge on any atom is 0.266 e. The Morgan fingerprint density at radius 1 is 1.16 bits per heavy atom. The van der Waals surface area contributed by atoms with Gasteiger partial charge in [-0.1, -0.05) is 13.0 Å². The van der Waals surface area contributed by atoms with Gasteiger partial charge < -0.3 is 14.6 Å². The number of fused-ring (bicyclic) bond motifs is 1. The van der Waals surface area contributed by atoms with Crippen LogP contribution in [-0.2, 0) is 17.8 Å². The summed E-state index contributed by atoms with van der Waals surface area (Å²) in [6.45, 7) is 6.11. The number of phenols is 1. The van der Waals surface area contributed by atoms with Crippen LogP contribution < -0.4 is 15.0 Å². The smallest absolute Gasteiger partial charge is 0.266 e. The van der Waals surface area contributed by atoms with E-state index in [1.54, 1.807) is 37.4 Å². The van der Waals surface area contributed by atoms with Crippen molar-refractivity contribution in [2.75, 3.05) is 0 Å². The summed E-state index contributed by atoms with van der Waals surface area (Å²) < 4.78 is 27.0. The Labute approximate surface area is 189 Å². The Kier molecular flexibility index (Phi) is 5.81. The Balaban J connectivity index is 1.78. The van der Waals surface area contributed by atoms with E-state index in [1.807, 2.05) is 26.0 Å². The molecular weight excluding hydrogens is 428 g/mol. The van der Waals surface area contributed by atoms with Crippen molar-refractivity contribution in [2.24, 2.45) is 13.0 Å². The van der Waals surface area contributed by atoms with Gasteiger partial charge in [-0.3, -0.25) is 4.79 Å².